The predicted molar refractivity (Wildman–Crippen MR) is 80.0 cm³/mol. The third-order valence-corrected chi connectivity index (χ3v) is 4.44. The number of thioether (sulfide) groups is 1. The van der Waals surface area contributed by atoms with Gasteiger partial charge in [0.1, 0.15) is 0 Å². The van der Waals surface area contributed by atoms with Crippen molar-refractivity contribution in [2.45, 2.75) is 13.0 Å². The molecule has 0 aliphatic carbocycles. The number of thiophene rings is 1. The average Bonchev–Trinajstić information content (AvgIpc) is 2.63. The van der Waals surface area contributed by atoms with Crippen LogP contribution in [0.3, 0.4) is 0 Å². The van der Waals surface area contributed by atoms with Gasteiger partial charge >= 0.3 is 0 Å². The van der Waals surface area contributed by atoms with Gasteiger partial charge in [0.15, 0.2) is 0 Å². The first-order chi connectivity index (χ1) is 7.33. The molecule has 0 saturated carbocycles. The van der Waals surface area contributed by atoms with Gasteiger partial charge in [-0.25, -0.2) is 0 Å². The van der Waals surface area contributed by atoms with Crippen LogP contribution in [-0.2, 0) is 6.54 Å². The third-order valence-electron chi connectivity index (χ3n) is 1.82. The molecule has 1 aromatic heterocycles. The van der Waals surface area contributed by atoms with Gasteiger partial charge in [-0.3, -0.25) is 0 Å². The third kappa shape index (κ3) is 7.92. The Labute approximate surface area is 120 Å². The zero-order valence-corrected chi connectivity index (χ0v) is 13.0. The number of nitrogens with one attached hydrogen (secondary N) is 1. The van der Waals surface area contributed by atoms with Gasteiger partial charge in [0, 0.05) is 25.4 Å². The van der Waals surface area contributed by atoms with E-state index < -0.39 is 0 Å². The highest BCUT2D eigenvalue weighted by Crippen LogP contribution is 2.20. The van der Waals surface area contributed by atoms with Crippen LogP contribution in [0.15, 0.2) is 15.2 Å². The lowest BCUT2D eigenvalue weighted by Gasteiger charge is -2.02. The maximum absolute atomic E-state index is 8.59. The molecule has 0 fully saturated rings. The minimum atomic E-state index is 0. The van der Waals surface area contributed by atoms with Gasteiger partial charge in [-0.15, -0.1) is 23.7 Å². The molecule has 0 spiro atoms. The molecule has 6 heteroatoms. The highest BCUT2D eigenvalue weighted by Gasteiger charge is 1.96. The second kappa shape index (κ2) is 10.9. The van der Waals surface area contributed by atoms with E-state index in [2.05, 4.69) is 32.7 Å². The molecule has 0 aliphatic rings. The van der Waals surface area contributed by atoms with Crippen molar-refractivity contribution in [2.24, 2.45) is 0 Å². The first kappa shape index (κ1) is 16.7. The van der Waals surface area contributed by atoms with Gasteiger partial charge in [0.2, 0.25) is 0 Å². The maximum Gasteiger partial charge on any atom is 0.0701 e. The predicted octanol–water partition coefficient (Wildman–Crippen LogP) is 3.14. The van der Waals surface area contributed by atoms with Crippen molar-refractivity contribution in [1.82, 2.24) is 5.32 Å². The zero-order chi connectivity index (χ0) is 10.9. The summed E-state index contributed by atoms with van der Waals surface area (Å²) in [6, 6.07) is 2.15. The van der Waals surface area contributed by atoms with Crippen molar-refractivity contribution in [3.05, 3.63) is 20.8 Å². The molecular formula is C10H17BrClNOS2. The monoisotopic (exact) mass is 345 g/mol. The van der Waals surface area contributed by atoms with Crippen LogP contribution in [0.25, 0.3) is 0 Å². The molecule has 0 aromatic carbocycles. The molecule has 0 atom stereocenters. The molecule has 1 heterocycles. The molecule has 94 valence electrons. The topological polar surface area (TPSA) is 32.3 Å². The van der Waals surface area contributed by atoms with Crippen LogP contribution in [0, 0.1) is 0 Å². The Morgan fingerprint density at radius 3 is 2.88 bits per heavy atom. The van der Waals surface area contributed by atoms with Crippen LogP contribution in [0.1, 0.15) is 12.0 Å². The second-order valence-electron chi connectivity index (χ2n) is 3.13. The molecule has 0 bridgehead atoms. The number of aliphatic hydroxyl groups is 1. The standard InChI is InChI=1S/C10H16BrNOS2.ClH/c11-10-6-9(8-15-10)7-12-2-5-14-4-1-3-13;/h6,8,12-13H,1-5,7H2;1H. The van der Waals surface area contributed by atoms with Crippen LogP contribution in [-0.4, -0.2) is 29.8 Å². The Kier molecular flexibility index (Phi) is 11.4. The van der Waals surface area contributed by atoms with Gasteiger partial charge in [-0.2, -0.15) is 11.8 Å². The van der Waals surface area contributed by atoms with Gasteiger partial charge < -0.3 is 10.4 Å². The Morgan fingerprint density at radius 1 is 1.44 bits per heavy atom. The second-order valence-corrected chi connectivity index (χ2v) is 6.64. The van der Waals surface area contributed by atoms with Crippen LogP contribution in [0.2, 0.25) is 0 Å². The quantitative estimate of drug-likeness (QED) is 0.709. The zero-order valence-electron chi connectivity index (χ0n) is 8.95. The summed E-state index contributed by atoms with van der Waals surface area (Å²) in [4.78, 5) is 0. The molecular weight excluding hydrogens is 330 g/mol. The lowest BCUT2D eigenvalue weighted by molar-refractivity contribution is 0.296. The number of halogens is 2. The van der Waals surface area contributed by atoms with Crippen molar-refractivity contribution >= 4 is 51.4 Å². The van der Waals surface area contributed by atoms with E-state index in [9.17, 15) is 0 Å². The first-order valence-corrected chi connectivity index (χ1v) is 7.78. The van der Waals surface area contributed by atoms with Gasteiger partial charge in [0.25, 0.3) is 0 Å². The Balaban J connectivity index is 0.00000225. The Bertz CT molecular complexity index is 273. The van der Waals surface area contributed by atoms with E-state index >= 15 is 0 Å². The van der Waals surface area contributed by atoms with E-state index in [0.29, 0.717) is 6.61 Å². The summed E-state index contributed by atoms with van der Waals surface area (Å²) in [5, 5.41) is 14.1. The fourth-order valence-electron chi connectivity index (χ4n) is 1.08. The minimum Gasteiger partial charge on any atom is -0.396 e. The molecule has 0 aliphatic heterocycles. The van der Waals surface area contributed by atoms with Crippen molar-refractivity contribution in [1.29, 1.82) is 0 Å². The molecule has 1 aromatic rings. The summed E-state index contributed by atoms with van der Waals surface area (Å²) in [5.74, 6) is 2.17. The highest BCUT2D eigenvalue weighted by atomic mass is 79.9. The molecule has 2 nitrogen and oxygen atoms in total. The van der Waals surface area contributed by atoms with Crippen molar-refractivity contribution in [3.8, 4) is 0 Å². The molecule has 0 radical (unpaired) electrons. The van der Waals surface area contributed by atoms with E-state index in [0.717, 1.165) is 31.0 Å². The first-order valence-electron chi connectivity index (χ1n) is 4.95. The summed E-state index contributed by atoms with van der Waals surface area (Å²) < 4.78 is 1.19. The van der Waals surface area contributed by atoms with Crippen LogP contribution in [0.4, 0.5) is 0 Å². The summed E-state index contributed by atoms with van der Waals surface area (Å²) in [6.45, 7) is 2.29. The van der Waals surface area contributed by atoms with Gasteiger partial charge in [-0.1, -0.05) is 0 Å². The summed E-state index contributed by atoms with van der Waals surface area (Å²) >= 11 is 7.06. The molecule has 16 heavy (non-hydrogen) atoms. The summed E-state index contributed by atoms with van der Waals surface area (Å²) in [5.41, 5.74) is 1.34. The number of hydrogen-bond acceptors (Lipinski definition) is 4. The van der Waals surface area contributed by atoms with Crippen LogP contribution < -0.4 is 5.32 Å². The lowest BCUT2D eigenvalue weighted by atomic mass is 10.3. The van der Waals surface area contributed by atoms with Crippen LogP contribution >= 0.6 is 51.4 Å². The van der Waals surface area contributed by atoms with E-state index in [-0.39, 0.29) is 12.4 Å². The smallest absolute Gasteiger partial charge is 0.0701 e. The Hall–Kier alpha value is 0.740. The fourth-order valence-corrected chi connectivity index (χ4v) is 3.12. The SMILES string of the molecule is Cl.OCCCSCCNCc1csc(Br)c1. The largest absolute Gasteiger partial charge is 0.396 e. The maximum atomic E-state index is 8.59. The van der Waals surface area contributed by atoms with Crippen LogP contribution in [0.5, 0.6) is 0 Å². The van der Waals surface area contributed by atoms with E-state index in [1.807, 2.05) is 11.8 Å². The molecule has 0 unspecified atom stereocenters. The average molecular weight is 347 g/mol. The van der Waals surface area contributed by atoms with E-state index in [4.69, 9.17) is 5.11 Å². The highest BCUT2D eigenvalue weighted by molar-refractivity contribution is 9.11. The molecule has 1 rings (SSSR count). The molecule has 2 N–H and O–H groups in total. The molecule has 0 saturated heterocycles. The van der Waals surface area contributed by atoms with E-state index in [1.54, 1.807) is 11.3 Å². The van der Waals surface area contributed by atoms with Crippen molar-refractivity contribution in [3.63, 3.8) is 0 Å². The number of rotatable bonds is 8. The lowest BCUT2D eigenvalue weighted by Crippen LogP contribution is -2.16. The number of aliphatic hydroxyl groups excluding tert-OH is 1. The summed E-state index contributed by atoms with van der Waals surface area (Å²) in [7, 11) is 0. The Morgan fingerprint density at radius 2 is 2.25 bits per heavy atom. The minimum absolute atomic E-state index is 0. The van der Waals surface area contributed by atoms with E-state index in [1.165, 1.54) is 9.35 Å². The number of hydrogen-bond donors (Lipinski definition) is 2. The summed E-state index contributed by atoms with van der Waals surface area (Å²) in [6.07, 6.45) is 0.905. The van der Waals surface area contributed by atoms with Crippen molar-refractivity contribution in [2.75, 3.05) is 24.7 Å². The van der Waals surface area contributed by atoms with Gasteiger partial charge in [-0.05, 0) is 45.1 Å². The van der Waals surface area contributed by atoms with Crippen molar-refractivity contribution < 1.29 is 5.11 Å². The van der Waals surface area contributed by atoms with Gasteiger partial charge in [0.05, 0.1) is 3.79 Å². The molecule has 0 amide bonds. The normalized spacial score (nSPS) is 10.1. The fraction of sp³-hybridized carbons (Fsp3) is 0.600.